The van der Waals surface area contributed by atoms with Gasteiger partial charge in [0.1, 0.15) is 18.2 Å². The highest BCUT2D eigenvalue weighted by Crippen LogP contribution is 2.22. The lowest BCUT2D eigenvalue weighted by molar-refractivity contribution is 0.122. The van der Waals surface area contributed by atoms with Crippen LogP contribution in [0.2, 0.25) is 0 Å². The summed E-state index contributed by atoms with van der Waals surface area (Å²) in [5.41, 5.74) is 0. The average Bonchev–Trinajstić information content (AvgIpc) is 3.05. The molecule has 2 saturated heterocycles. The molecule has 3 heterocycles. The summed E-state index contributed by atoms with van der Waals surface area (Å²) in [4.78, 5) is 10.6. The van der Waals surface area contributed by atoms with Gasteiger partial charge in [0, 0.05) is 39.8 Å². The largest absolute Gasteiger partial charge is 0.473 e. The van der Waals surface area contributed by atoms with Gasteiger partial charge in [-0.2, -0.15) is 17.0 Å². The Labute approximate surface area is 142 Å². The molecular weight excluding hydrogens is 334 g/mol. The van der Waals surface area contributed by atoms with E-state index in [1.807, 2.05) is 0 Å². The van der Waals surface area contributed by atoms with Gasteiger partial charge in [0.25, 0.3) is 10.2 Å². The summed E-state index contributed by atoms with van der Waals surface area (Å²) >= 11 is 0. The van der Waals surface area contributed by atoms with Gasteiger partial charge < -0.3 is 14.4 Å². The number of anilines is 1. The van der Waals surface area contributed by atoms with Gasteiger partial charge in [-0.1, -0.05) is 0 Å². The Hall–Kier alpha value is -1.49. The van der Waals surface area contributed by atoms with Crippen molar-refractivity contribution in [3.8, 4) is 5.88 Å². The molecule has 134 valence electrons. The molecule has 0 amide bonds. The van der Waals surface area contributed by atoms with Gasteiger partial charge in [0.15, 0.2) is 0 Å². The highest BCUT2D eigenvalue weighted by molar-refractivity contribution is 7.86. The molecule has 3 rings (SSSR count). The zero-order chi connectivity index (χ0) is 17.2. The van der Waals surface area contributed by atoms with Crippen molar-refractivity contribution in [2.24, 2.45) is 0 Å². The molecule has 2 aliphatic heterocycles. The minimum Gasteiger partial charge on any atom is -0.473 e. The summed E-state index contributed by atoms with van der Waals surface area (Å²) in [5, 5.41) is 0. The van der Waals surface area contributed by atoms with E-state index in [4.69, 9.17) is 9.47 Å². The molecule has 10 heteroatoms. The first kappa shape index (κ1) is 17.3. The third-order valence-electron chi connectivity index (χ3n) is 4.15. The molecule has 0 unspecified atom stereocenters. The van der Waals surface area contributed by atoms with Crippen LogP contribution in [0.25, 0.3) is 0 Å². The summed E-state index contributed by atoms with van der Waals surface area (Å²) in [5.74, 6) is 1.28. The number of rotatable bonds is 5. The van der Waals surface area contributed by atoms with Crippen molar-refractivity contribution < 1.29 is 17.9 Å². The molecule has 1 aromatic rings. The third-order valence-corrected chi connectivity index (χ3v) is 6.05. The maximum Gasteiger partial charge on any atom is 0.281 e. The second kappa shape index (κ2) is 7.18. The molecular formula is C14H23N5O4S. The molecule has 2 fully saturated rings. The molecule has 1 atom stereocenters. The van der Waals surface area contributed by atoms with Crippen molar-refractivity contribution >= 4 is 16.0 Å². The van der Waals surface area contributed by atoms with Crippen LogP contribution < -0.4 is 9.64 Å². The van der Waals surface area contributed by atoms with Crippen molar-refractivity contribution in [3.63, 3.8) is 0 Å². The maximum atomic E-state index is 12.1. The topological polar surface area (TPSA) is 88.1 Å². The molecule has 1 aromatic heterocycles. The Balaban J connectivity index is 1.63. The second-order valence-corrected chi connectivity index (χ2v) is 8.13. The van der Waals surface area contributed by atoms with E-state index >= 15 is 0 Å². The predicted octanol–water partition coefficient (Wildman–Crippen LogP) is -0.427. The van der Waals surface area contributed by atoms with Crippen LogP contribution in [0.15, 0.2) is 12.4 Å². The molecule has 0 saturated carbocycles. The summed E-state index contributed by atoms with van der Waals surface area (Å²) in [6.07, 6.45) is 1.92. The highest BCUT2D eigenvalue weighted by Gasteiger charge is 2.34. The maximum absolute atomic E-state index is 12.1. The minimum atomic E-state index is -3.40. The first-order valence-corrected chi connectivity index (χ1v) is 9.35. The van der Waals surface area contributed by atoms with E-state index in [-0.39, 0.29) is 6.10 Å². The Morgan fingerprint density at radius 3 is 2.71 bits per heavy atom. The van der Waals surface area contributed by atoms with Crippen molar-refractivity contribution in [3.05, 3.63) is 12.4 Å². The Kier molecular flexibility index (Phi) is 5.18. The van der Waals surface area contributed by atoms with E-state index < -0.39 is 10.2 Å². The fourth-order valence-corrected chi connectivity index (χ4v) is 3.92. The third kappa shape index (κ3) is 3.77. The molecule has 9 nitrogen and oxygen atoms in total. The van der Waals surface area contributed by atoms with Crippen molar-refractivity contribution in [1.29, 1.82) is 0 Å². The molecule has 2 aliphatic rings. The Morgan fingerprint density at radius 1 is 1.25 bits per heavy atom. The van der Waals surface area contributed by atoms with Crippen LogP contribution in [-0.2, 0) is 14.9 Å². The molecule has 0 aromatic carbocycles. The molecule has 0 aliphatic carbocycles. The van der Waals surface area contributed by atoms with Crippen molar-refractivity contribution in [1.82, 2.24) is 18.6 Å². The van der Waals surface area contributed by atoms with Crippen LogP contribution in [0, 0.1) is 0 Å². The quantitative estimate of drug-likeness (QED) is 0.707. The van der Waals surface area contributed by atoms with Gasteiger partial charge in [-0.25, -0.2) is 9.97 Å². The standard InChI is InChI=1S/C14H23N5O4S/c1-17(2)24(20,21)19-4-3-12(10-19)23-14-9-13(15-11-16-14)18-5-7-22-8-6-18/h9,11-12H,3-8,10H2,1-2H3/t12-/m0/s1. The minimum absolute atomic E-state index is 0.202. The lowest BCUT2D eigenvalue weighted by Crippen LogP contribution is -2.39. The van der Waals surface area contributed by atoms with Crippen LogP contribution in [-0.4, -0.2) is 86.6 Å². The van der Waals surface area contributed by atoms with Gasteiger partial charge in [-0.15, -0.1) is 0 Å². The molecule has 0 radical (unpaired) electrons. The predicted molar refractivity (Wildman–Crippen MR) is 88.3 cm³/mol. The number of hydrogen-bond acceptors (Lipinski definition) is 7. The van der Waals surface area contributed by atoms with E-state index in [9.17, 15) is 8.42 Å². The Bertz CT molecular complexity index is 663. The molecule has 0 bridgehead atoms. The van der Waals surface area contributed by atoms with Crippen LogP contribution >= 0.6 is 0 Å². The van der Waals surface area contributed by atoms with E-state index in [0.29, 0.717) is 38.6 Å². The summed E-state index contributed by atoms with van der Waals surface area (Å²) in [6, 6.07) is 1.80. The zero-order valence-corrected chi connectivity index (χ0v) is 14.8. The first-order chi connectivity index (χ1) is 11.5. The molecule has 24 heavy (non-hydrogen) atoms. The second-order valence-electron chi connectivity index (χ2n) is 5.99. The number of ether oxygens (including phenoxy) is 2. The van der Waals surface area contributed by atoms with Gasteiger partial charge in [0.2, 0.25) is 5.88 Å². The van der Waals surface area contributed by atoms with Crippen LogP contribution in [0.1, 0.15) is 6.42 Å². The number of morpholine rings is 1. The number of aromatic nitrogens is 2. The highest BCUT2D eigenvalue weighted by atomic mass is 32.2. The van der Waals surface area contributed by atoms with Gasteiger partial charge in [-0.05, 0) is 6.42 Å². The zero-order valence-electron chi connectivity index (χ0n) is 14.0. The van der Waals surface area contributed by atoms with Crippen LogP contribution in [0.3, 0.4) is 0 Å². The van der Waals surface area contributed by atoms with Crippen LogP contribution in [0.4, 0.5) is 5.82 Å². The first-order valence-electron chi connectivity index (χ1n) is 7.96. The summed E-state index contributed by atoms with van der Waals surface area (Å²) in [6.45, 7) is 3.72. The van der Waals surface area contributed by atoms with Gasteiger partial charge >= 0.3 is 0 Å². The smallest absolute Gasteiger partial charge is 0.281 e. The van der Waals surface area contributed by atoms with Crippen LogP contribution in [0.5, 0.6) is 5.88 Å². The fraction of sp³-hybridized carbons (Fsp3) is 0.714. The summed E-state index contributed by atoms with van der Waals surface area (Å²) in [7, 11) is -0.335. The van der Waals surface area contributed by atoms with Gasteiger partial charge in [-0.3, -0.25) is 0 Å². The fourth-order valence-electron chi connectivity index (χ4n) is 2.76. The lowest BCUT2D eigenvalue weighted by atomic mass is 10.3. The van der Waals surface area contributed by atoms with E-state index in [2.05, 4.69) is 14.9 Å². The molecule has 0 spiro atoms. The number of nitrogens with zero attached hydrogens (tertiary/aromatic N) is 5. The number of hydrogen-bond donors (Lipinski definition) is 0. The average molecular weight is 357 g/mol. The SMILES string of the molecule is CN(C)S(=O)(=O)N1CC[C@H](Oc2cc(N3CCOCC3)ncn2)C1. The Morgan fingerprint density at radius 2 is 2.00 bits per heavy atom. The molecule has 0 N–H and O–H groups in total. The van der Waals surface area contributed by atoms with Crippen molar-refractivity contribution in [2.75, 3.05) is 58.4 Å². The van der Waals surface area contributed by atoms with E-state index in [1.54, 1.807) is 6.07 Å². The van der Waals surface area contributed by atoms with Gasteiger partial charge in [0.05, 0.1) is 19.8 Å². The monoisotopic (exact) mass is 357 g/mol. The van der Waals surface area contributed by atoms with E-state index in [1.165, 1.54) is 29.0 Å². The summed E-state index contributed by atoms with van der Waals surface area (Å²) < 4.78 is 38.2. The lowest BCUT2D eigenvalue weighted by Gasteiger charge is -2.27. The normalized spacial score (nSPS) is 23.0. The van der Waals surface area contributed by atoms with Crippen molar-refractivity contribution in [2.45, 2.75) is 12.5 Å². The van der Waals surface area contributed by atoms with E-state index in [0.717, 1.165) is 18.9 Å².